The molecule has 0 fully saturated rings. The van der Waals surface area contributed by atoms with Crippen LogP contribution in [-0.4, -0.2) is 33.5 Å². The highest BCUT2D eigenvalue weighted by molar-refractivity contribution is 6.29. The van der Waals surface area contributed by atoms with Gasteiger partial charge in [0.2, 0.25) is 5.91 Å². The van der Waals surface area contributed by atoms with E-state index in [9.17, 15) is 4.79 Å². The minimum atomic E-state index is -0.760. The van der Waals surface area contributed by atoms with Crippen molar-refractivity contribution in [3.05, 3.63) is 0 Å². The van der Waals surface area contributed by atoms with E-state index in [1.807, 2.05) is 18.4 Å². The average Bonchev–Trinajstić information content (AvgIpc) is 2.11. The van der Waals surface area contributed by atoms with Crippen LogP contribution in [0.4, 0.5) is 0 Å². The summed E-state index contributed by atoms with van der Waals surface area (Å²) in [6, 6.07) is 0. The zero-order valence-corrected chi connectivity index (χ0v) is 9.71. The van der Waals surface area contributed by atoms with Gasteiger partial charge in [-0.05, 0) is 13.3 Å². The van der Waals surface area contributed by atoms with Crippen LogP contribution in [0.5, 0.6) is 0 Å². The lowest BCUT2D eigenvalue weighted by Gasteiger charge is -2.19. The highest BCUT2D eigenvalue weighted by Crippen LogP contribution is 1.92. The fourth-order valence-electron chi connectivity index (χ4n) is 0.882. The first kappa shape index (κ1) is 11.6. The third-order valence-corrected chi connectivity index (χ3v) is 3.22. The summed E-state index contributed by atoms with van der Waals surface area (Å²) in [5.74, 6) is 0.222. The molecule has 0 heterocycles. The van der Waals surface area contributed by atoms with Crippen LogP contribution in [0.1, 0.15) is 33.6 Å². The summed E-state index contributed by atoms with van der Waals surface area (Å²) in [5.41, 5.74) is 0. The molecule has 0 radical (unpaired) electrons. The summed E-state index contributed by atoms with van der Waals surface area (Å²) < 4.78 is 7.26. The average molecular weight is 189 g/mol. The van der Waals surface area contributed by atoms with Crippen molar-refractivity contribution < 1.29 is 9.22 Å². The van der Waals surface area contributed by atoms with E-state index in [2.05, 4.69) is 6.92 Å². The summed E-state index contributed by atoms with van der Waals surface area (Å²) in [6.07, 6.45) is 1.63. The second kappa shape index (κ2) is 7.30. The van der Waals surface area contributed by atoms with Crippen LogP contribution in [0.2, 0.25) is 0 Å². The minimum absolute atomic E-state index is 0.222. The summed E-state index contributed by atoms with van der Waals surface area (Å²) in [4.78, 5) is 11.2. The summed E-state index contributed by atoms with van der Waals surface area (Å²) in [5, 5.41) is 0. The number of rotatable bonds is 6. The second-order valence-electron chi connectivity index (χ2n) is 2.64. The van der Waals surface area contributed by atoms with E-state index in [0.29, 0.717) is 6.42 Å². The molecule has 0 spiro atoms. The normalized spacial score (nSPS) is 10.9. The molecule has 0 atom stereocenters. The zero-order valence-electron chi connectivity index (χ0n) is 8.30. The number of hydrogen-bond acceptors (Lipinski definition) is 2. The van der Waals surface area contributed by atoms with Crippen LogP contribution in [0.3, 0.4) is 0 Å². The largest absolute Gasteiger partial charge is 0.403 e. The molecule has 0 aromatic carbocycles. The number of hydrogen-bond donors (Lipinski definition) is 0. The first-order chi connectivity index (χ1) is 5.76. The second-order valence-corrected chi connectivity index (χ2v) is 4.07. The molecule has 0 saturated heterocycles. The van der Waals surface area contributed by atoms with Gasteiger partial charge in [0, 0.05) is 19.6 Å². The van der Waals surface area contributed by atoms with Crippen molar-refractivity contribution in [3.63, 3.8) is 0 Å². The Balaban J connectivity index is 3.60. The maximum atomic E-state index is 11.2. The maximum Gasteiger partial charge on any atom is 0.269 e. The predicted octanol–water partition coefficient (Wildman–Crippen LogP) is 0.670. The number of nitrogens with zero attached hydrogens (tertiary/aromatic N) is 1. The molecule has 0 aliphatic carbocycles. The molecule has 3 nitrogen and oxygen atoms in total. The fraction of sp³-hybridized carbons (Fsp3) is 0.875. The van der Waals surface area contributed by atoms with Gasteiger partial charge in [0.1, 0.15) is 0 Å². The van der Waals surface area contributed by atoms with Crippen LogP contribution in [0.25, 0.3) is 0 Å². The van der Waals surface area contributed by atoms with Gasteiger partial charge in [-0.1, -0.05) is 13.8 Å². The number of carbonyl (C=O) groups is 1. The first-order valence-electron chi connectivity index (χ1n) is 4.61. The molecule has 4 heteroatoms. The Morgan fingerprint density at radius 3 is 2.50 bits per heavy atom. The maximum absolute atomic E-state index is 11.2. The molecule has 0 aliphatic rings. The molecule has 0 rings (SSSR count). The Morgan fingerprint density at radius 2 is 2.08 bits per heavy atom. The van der Waals surface area contributed by atoms with Gasteiger partial charge in [0.05, 0.1) is 0 Å². The quantitative estimate of drug-likeness (QED) is 0.454. The lowest BCUT2D eigenvalue weighted by Crippen LogP contribution is -2.35. The van der Waals surface area contributed by atoms with E-state index in [0.717, 1.165) is 19.6 Å². The van der Waals surface area contributed by atoms with Crippen molar-refractivity contribution in [2.45, 2.75) is 33.6 Å². The van der Waals surface area contributed by atoms with E-state index < -0.39 is 9.92 Å². The van der Waals surface area contributed by atoms with E-state index in [1.54, 1.807) is 0 Å². The van der Waals surface area contributed by atoms with Crippen molar-refractivity contribution >= 4 is 15.8 Å². The smallest absolute Gasteiger partial charge is 0.269 e. The Bertz CT molecular complexity index is 130. The highest BCUT2D eigenvalue weighted by atomic mass is 28.2. The molecule has 0 aliphatic heterocycles. The molecule has 0 aromatic heterocycles. The molecule has 1 amide bonds. The van der Waals surface area contributed by atoms with Crippen molar-refractivity contribution in [3.8, 4) is 0 Å². The van der Waals surface area contributed by atoms with Crippen LogP contribution < -0.4 is 0 Å². The topological polar surface area (TPSA) is 29.5 Å². The van der Waals surface area contributed by atoms with Gasteiger partial charge >= 0.3 is 0 Å². The Hall–Kier alpha value is -0.353. The molecule has 72 valence electrons. The van der Waals surface area contributed by atoms with Crippen molar-refractivity contribution in [1.82, 2.24) is 4.57 Å². The first-order valence-corrected chi connectivity index (χ1v) is 5.82. The predicted molar refractivity (Wildman–Crippen MR) is 52.5 cm³/mol. The Labute approximate surface area is 77.1 Å². The summed E-state index contributed by atoms with van der Waals surface area (Å²) >= 11 is 0. The van der Waals surface area contributed by atoms with Gasteiger partial charge in [-0.25, -0.2) is 0 Å². The molecule has 0 bridgehead atoms. The monoisotopic (exact) mass is 189 g/mol. The molecule has 0 aromatic rings. The van der Waals surface area contributed by atoms with Crippen molar-refractivity contribution in [2.75, 3.05) is 13.2 Å². The van der Waals surface area contributed by atoms with Crippen LogP contribution >= 0.6 is 0 Å². The third-order valence-electron chi connectivity index (χ3n) is 1.63. The van der Waals surface area contributed by atoms with Gasteiger partial charge < -0.3 is 8.99 Å². The lowest BCUT2D eigenvalue weighted by atomic mass is 10.4. The van der Waals surface area contributed by atoms with E-state index in [1.165, 1.54) is 0 Å². The highest BCUT2D eigenvalue weighted by Gasteiger charge is 2.08. The van der Waals surface area contributed by atoms with Gasteiger partial charge in [0.25, 0.3) is 9.92 Å². The SMILES string of the molecule is CCCO[SiH2]N(CC)C(=O)CC. The molecular formula is C8H19NO2Si. The minimum Gasteiger partial charge on any atom is -0.403 e. The van der Waals surface area contributed by atoms with Crippen molar-refractivity contribution in [1.29, 1.82) is 0 Å². The zero-order chi connectivity index (χ0) is 9.40. The lowest BCUT2D eigenvalue weighted by molar-refractivity contribution is -0.126. The molecule has 0 N–H and O–H groups in total. The van der Waals surface area contributed by atoms with Gasteiger partial charge in [0.15, 0.2) is 0 Å². The molecular weight excluding hydrogens is 170 g/mol. The molecule has 12 heavy (non-hydrogen) atoms. The van der Waals surface area contributed by atoms with E-state index in [4.69, 9.17) is 4.43 Å². The Kier molecular flexibility index (Phi) is 7.09. The number of carbonyl (C=O) groups excluding carboxylic acids is 1. The van der Waals surface area contributed by atoms with Crippen LogP contribution in [0.15, 0.2) is 0 Å². The van der Waals surface area contributed by atoms with Crippen LogP contribution in [0, 0.1) is 0 Å². The van der Waals surface area contributed by atoms with Gasteiger partial charge in [-0.15, -0.1) is 0 Å². The third kappa shape index (κ3) is 4.51. The van der Waals surface area contributed by atoms with Crippen LogP contribution in [-0.2, 0) is 9.22 Å². The summed E-state index contributed by atoms with van der Waals surface area (Å²) in [6.45, 7) is 7.55. The van der Waals surface area contributed by atoms with Crippen molar-refractivity contribution in [2.24, 2.45) is 0 Å². The number of amides is 1. The molecule has 0 unspecified atom stereocenters. The summed E-state index contributed by atoms with van der Waals surface area (Å²) in [7, 11) is -0.760. The van der Waals surface area contributed by atoms with E-state index in [-0.39, 0.29) is 5.91 Å². The van der Waals surface area contributed by atoms with E-state index >= 15 is 0 Å². The van der Waals surface area contributed by atoms with Gasteiger partial charge in [-0.3, -0.25) is 4.79 Å². The molecule has 0 saturated carbocycles. The standard InChI is InChI=1S/C8H19NO2Si/c1-4-7-11-12-9(6-3)8(10)5-2/h4-7,12H2,1-3H3. The Morgan fingerprint density at radius 1 is 1.42 bits per heavy atom. The fourth-order valence-corrected chi connectivity index (χ4v) is 2.07. The van der Waals surface area contributed by atoms with Gasteiger partial charge in [-0.2, -0.15) is 0 Å².